The molecule has 0 unspecified atom stereocenters. The van der Waals surface area contributed by atoms with Gasteiger partial charge in [0.15, 0.2) is 11.5 Å². The highest BCUT2D eigenvalue weighted by Crippen LogP contribution is 2.31. The zero-order valence-corrected chi connectivity index (χ0v) is 35.7. The molecule has 1 fully saturated rings. The van der Waals surface area contributed by atoms with Crippen molar-refractivity contribution < 1.29 is 44.0 Å². The van der Waals surface area contributed by atoms with Crippen LogP contribution >= 0.6 is 0 Å². The third-order valence-corrected chi connectivity index (χ3v) is 10.8. The molecule has 0 spiro atoms. The number of aromatic nitrogens is 1. The summed E-state index contributed by atoms with van der Waals surface area (Å²) in [6.45, 7) is 13.9. The van der Waals surface area contributed by atoms with E-state index in [2.05, 4.69) is 21.0 Å². The monoisotopic (exact) mass is 831 g/mol. The Kier molecular flexibility index (Phi) is 15.0. The van der Waals surface area contributed by atoms with Crippen molar-refractivity contribution in [3.8, 4) is 11.5 Å². The highest BCUT2D eigenvalue weighted by atomic mass is 16.6. The molecule has 1 saturated heterocycles. The van der Waals surface area contributed by atoms with Crippen LogP contribution in [0.2, 0.25) is 0 Å². The summed E-state index contributed by atoms with van der Waals surface area (Å²) >= 11 is 0. The number of ether oxygens (including phenoxy) is 2. The minimum absolute atomic E-state index is 0.0799. The fourth-order valence-corrected chi connectivity index (χ4v) is 7.39. The molecule has 2 aliphatic heterocycles. The number of carbonyl (C=O) groups excluding carboxylic acids is 3. The van der Waals surface area contributed by atoms with Gasteiger partial charge in [0.1, 0.15) is 30.9 Å². The maximum Gasteiger partial charge on any atom is 0.405 e. The summed E-state index contributed by atoms with van der Waals surface area (Å²) in [5.74, 6) is -0.194. The third kappa shape index (κ3) is 12.1. The number of hydrazine groups is 1. The molecule has 5 atom stereocenters. The van der Waals surface area contributed by atoms with E-state index < -0.39 is 53.2 Å². The molecule has 0 bridgehead atoms. The normalized spacial score (nSPS) is 16.8. The fourth-order valence-electron chi connectivity index (χ4n) is 7.39. The molecule has 3 aromatic rings. The molecule has 5 rings (SSSR count). The third-order valence-electron chi connectivity index (χ3n) is 10.8. The molecule has 326 valence electrons. The number of carbonyl (C=O) groups is 4. The Bertz CT molecular complexity index is 1950. The zero-order valence-electron chi connectivity index (χ0n) is 35.7. The zero-order chi connectivity index (χ0) is 43.8. The molecule has 2 aromatic carbocycles. The van der Waals surface area contributed by atoms with E-state index in [4.69, 9.17) is 9.47 Å². The van der Waals surface area contributed by atoms with Crippen LogP contribution in [0.5, 0.6) is 11.5 Å². The van der Waals surface area contributed by atoms with E-state index in [1.165, 1.54) is 5.01 Å². The van der Waals surface area contributed by atoms with Crippen molar-refractivity contribution in [1.29, 1.82) is 0 Å². The molecule has 0 saturated carbocycles. The number of carboxylic acid groups (broad SMARTS) is 1. The Morgan fingerprint density at radius 2 is 1.60 bits per heavy atom. The summed E-state index contributed by atoms with van der Waals surface area (Å²) in [4.78, 5) is 61.9. The number of hydrogen-bond acceptors (Lipinski definition) is 10. The molecular formula is C44H61N7O9. The summed E-state index contributed by atoms with van der Waals surface area (Å²) in [5.41, 5.74) is 3.53. The maximum absolute atomic E-state index is 14.5. The van der Waals surface area contributed by atoms with Crippen LogP contribution < -0.4 is 25.5 Å². The molecule has 16 heteroatoms. The van der Waals surface area contributed by atoms with E-state index in [1.807, 2.05) is 50.2 Å². The van der Waals surface area contributed by atoms with E-state index in [1.54, 1.807) is 74.8 Å². The van der Waals surface area contributed by atoms with E-state index in [9.17, 15) is 34.5 Å². The van der Waals surface area contributed by atoms with Crippen LogP contribution in [-0.4, -0.2) is 116 Å². The Balaban J connectivity index is 1.40. The van der Waals surface area contributed by atoms with Gasteiger partial charge in [0, 0.05) is 26.2 Å². The summed E-state index contributed by atoms with van der Waals surface area (Å²) in [6.07, 6.45) is -1.82. The number of urea groups is 1. The molecule has 0 aliphatic carbocycles. The Morgan fingerprint density at radius 1 is 0.900 bits per heavy atom. The second-order valence-corrected chi connectivity index (χ2v) is 17.3. The number of aliphatic hydroxyl groups excluding tert-OH is 1. The molecular weight excluding hydrogens is 771 g/mol. The van der Waals surface area contributed by atoms with Gasteiger partial charge in [0.25, 0.3) is 5.91 Å². The number of aliphatic hydroxyl groups is 2. The van der Waals surface area contributed by atoms with Crippen molar-refractivity contribution in [1.82, 2.24) is 35.9 Å². The van der Waals surface area contributed by atoms with Gasteiger partial charge < -0.3 is 45.2 Å². The summed E-state index contributed by atoms with van der Waals surface area (Å²) in [7, 11) is 0. The number of nitrogens with one attached hydrogen (secondary N) is 3. The largest absolute Gasteiger partial charge is 0.486 e. The molecule has 6 N–H and O–H groups in total. The van der Waals surface area contributed by atoms with E-state index in [0.29, 0.717) is 61.2 Å². The Hall–Kier alpha value is -5.45. The van der Waals surface area contributed by atoms with Crippen LogP contribution in [0.25, 0.3) is 0 Å². The molecule has 5 amide bonds. The van der Waals surface area contributed by atoms with Crippen LogP contribution in [-0.2, 0) is 34.7 Å². The van der Waals surface area contributed by atoms with Gasteiger partial charge in [-0.25, -0.2) is 14.6 Å². The molecule has 3 heterocycles. The summed E-state index contributed by atoms with van der Waals surface area (Å²) < 4.78 is 11.5. The SMILES string of the molecule is CC[C@H](C)[C@@H](C(=O)N[C@@H](Cc1ccccc1)[C@@H](O)CN(Cc1ccc2c(c1)OCCO2)NC(=O)[C@@H](NC(=O)O)C(C)(C)C)N1CCN(Cc2cccc(C(C)(C)O)n2)C1=O. The number of benzene rings is 2. The average Bonchev–Trinajstić information content (AvgIpc) is 3.54. The first kappa shape index (κ1) is 45.6. The van der Waals surface area contributed by atoms with Crippen molar-refractivity contribution >= 4 is 23.9 Å². The van der Waals surface area contributed by atoms with Crippen molar-refractivity contribution in [2.24, 2.45) is 11.3 Å². The standard InChI is InChI=1S/C44H61N7O9/c1-8-28(2)37(51-20-19-49(42(51)57)26-31-15-12-16-36(45-31)44(6,7)58)39(53)46-32(23-29-13-10-9-11-14-29)33(52)27-50(48-40(54)38(43(3,4)5)47-41(55)56)25-30-17-18-34-35(24-30)60-22-21-59-34/h9-18,24,28,32-33,37-38,47,52,58H,8,19-23,25-27H2,1-7H3,(H,46,53)(H,48,54)(H,55,56)/t28-,32-,33-,37-,38+/m0/s1. The van der Waals surface area contributed by atoms with Gasteiger partial charge in [-0.1, -0.05) is 83.5 Å². The van der Waals surface area contributed by atoms with Crippen molar-refractivity contribution in [2.45, 2.75) is 104 Å². The number of fused-ring (bicyclic) bond motifs is 1. The van der Waals surface area contributed by atoms with Crippen LogP contribution in [0.15, 0.2) is 66.7 Å². The predicted molar refractivity (Wildman–Crippen MR) is 224 cm³/mol. The van der Waals surface area contributed by atoms with E-state index >= 15 is 0 Å². The minimum Gasteiger partial charge on any atom is -0.486 e. The van der Waals surface area contributed by atoms with Crippen molar-refractivity contribution in [2.75, 3.05) is 32.8 Å². The second-order valence-electron chi connectivity index (χ2n) is 17.3. The van der Waals surface area contributed by atoms with Gasteiger partial charge in [0.05, 0.1) is 30.1 Å². The van der Waals surface area contributed by atoms with Gasteiger partial charge in [0.2, 0.25) is 5.91 Å². The number of rotatable bonds is 18. The maximum atomic E-state index is 14.5. The van der Waals surface area contributed by atoms with E-state index in [0.717, 1.165) is 5.56 Å². The molecule has 1 aromatic heterocycles. The minimum atomic E-state index is -1.36. The molecule has 0 radical (unpaired) electrons. The quantitative estimate of drug-likeness (QED) is 0.101. The van der Waals surface area contributed by atoms with Gasteiger partial charge in [-0.15, -0.1) is 0 Å². The molecule has 2 aliphatic rings. The molecule has 60 heavy (non-hydrogen) atoms. The summed E-state index contributed by atoms with van der Waals surface area (Å²) in [6, 6.07) is 16.8. The lowest BCUT2D eigenvalue weighted by Gasteiger charge is -2.36. The average molecular weight is 832 g/mol. The van der Waals surface area contributed by atoms with Crippen LogP contribution in [0.4, 0.5) is 9.59 Å². The lowest BCUT2D eigenvalue weighted by Crippen LogP contribution is -2.60. The van der Waals surface area contributed by atoms with Crippen molar-refractivity contribution in [3.05, 3.63) is 89.2 Å². The number of pyridine rings is 1. The highest BCUT2D eigenvalue weighted by molar-refractivity contribution is 5.88. The van der Waals surface area contributed by atoms with Crippen LogP contribution in [0, 0.1) is 11.3 Å². The van der Waals surface area contributed by atoms with Gasteiger partial charge in [-0.2, -0.15) is 0 Å². The molecule has 16 nitrogen and oxygen atoms in total. The van der Waals surface area contributed by atoms with Gasteiger partial charge >= 0.3 is 12.1 Å². The second kappa shape index (κ2) is 19.7. The predicted octanol–water partition coefficient (Wildman–Crippen LogP) is 4.04. The first-order valence-corrected chi connectivity index (χ1v) is 20.5. The van der Waals surface area contributed by atoms with Crippen molar-refractivity contribution in [3.63, 3.8) is 0 Å². The van der Waals surface area contributed by atoms with Crippen LogP contribution in [0.3, 0.4) is 0 Å². The lowest BCUT2D eigenvalue weighted by atomic mass is 9.86. The Morgan fingerprint density at radius 3 is 2.25 bits per heavy atom. The lowest BCUT2D eigenvalue weighted by molar-refractivity contribution is -0.132. The first-order chi connectivity index (χ1) is 28.3. The van der Waals surface area contributed by atoms with Crippen LogP contribution in [0.1, 0.15) is 77.4 Å². The number of hydrogen-bond donors (Lipinski definition) is 6. The number of amides is 5. The summed E-state index contributed by atoms with van der Waals surface area (Å²) in [5, 5.41) is 39.1. The topological polar surface area (TPSA) is 206 Å². The van der Waals surface area contributed by atoms with Gasteiger partial charge in [-0.3, -0.25) is 20.0 Å². The fraction of sp³-hybridized carbons (Fsp3) is 0.523. The number of nitrogens with zero attached hydrogens (tertiary/aromatic N) is 4. The smallest absolute Gasteiger partial charge is 0.405 e. The highest BCUT2D eigenvalue weighted by Gasteiger charge is 2.41. The first-order valence-electron chi connectivity index (χ1n) is 20.5. The van der Waals surface area contributed by atoms with Gasteiger partial charge in [-0.05, 0) is 67.0 Å². The Labute approximate surface area is 352 Å². The van der Waals surface area contributed by atoms with E-state index in [-0.39, 0.29) is 38.0 Å².